The third-order valence-electron chi connectivity index (χ3n) is 7.26. The molecule has 0 unspecified atom stereocenters. The number of aliphatic carboxylic acids is 1. The minimum atomic E-state index is -1.41. The van der Waals surface area contributed by atoms with Gasteiger partial charge in [-0.15, -0.1) is 0 Å². The van der Waals surface area contributed by atoms with Crippen LogP contribution in [0.3, 0.4) is 0 Å². The van der Waals surface area contributed by atoms with Crippen molar-refractivity contribution in [1.29, 1.82) is 0 Å². The molecule has 0 aliphatic carbocycles. The zero-order valence-electron chi connectivity index (χ0n) is 25.1. The molecule has 4 rings (SSSR count). The van der Waals surface area contributed by atoms with Gasteiger partial charge in [-0.25, -0.2) is 8.78 Å². The fraction of sp³-hybridized carbons (Fsp3) is 0.294. The molecule has 2 atom stereocenters. The summed E-state index contributed by atoms with van der Waals surface area (Å²) in [6.45, 7) is 4.03. The van der Waals surface area contributed by atoms with Gasteiger partial charge in [0.25, 0.3) is 5.91 Å². The van der Waals surface area contributed by atoms with Gasteiger partial charge in [-0.3, -0.25) is 4.79 Å². The molecule has 0 aliphatic rings. The molecule has 0 saturated heterocycles. The maximum atomic E-state index is 14.0. The molecule has 0 bridgehead atoms. The minimum Gasteiger partial charge on any atom is -0.550 e. The molecule has 226 valence electrons. The number of carbonyl (C=O) groups is 2. The van der Waals surface area contributed by atoms with E-state index in [0.717, 1.165) is 16.8 Å². The van der Waals surface area contributed by atoms with E-state index in [1.165, 1.54) is 24.3 Å². The molecule has 0 aliphatic heterocycles. The van der Waals surface area contributed by atoms with Crippen molar-refractivity contribution in [3.05, 3.63) is 107 Å². The van der Waals surface area contributed by atoms with Crippen molar-refractivity contribution in [2.45, 2.75) is 64.3 Å². The number of carbonyl (C=O) groups excluding carboxylic acids is 2. The van der Waals surface area contributed by atoms with E-state index >= 15 is 0 Å². The molecular formula is C34H35F2N2NaO5. The number of halogens is 2. The molecular weight excluding hydrogens is 577 g/mol. The van der Waals surface area contributed by atoms with Crippen LogP contribution < -0.4 is 40.0 Å². The first-order chi connectivity index (χ1) is 20.5. The number of nitrogens with one attached hydrogen (secondary N) is 1. The number of carboxylic acids is 1. The quantitative estimate of drug-likeness (QED) is 0.199. The van der Waals surface area contributed by atoms with Crippen LogP contribution >= 0.6 is 0 Å². The van der Waals surface area contributed by atoms with Crippen LogP contribution in [0.25, 0.3) is 22.3 Å². The Morgan fingerprint density at radius 1 is 0.841 bits per heavy atom. The Morgan fingerprint density at radius 2 is 1.41 bits per heavy atom. The standard InChI is InChI=1S/C34H36F2N2O5.Na/c1-21(2)38-29(17-16-27(39)18-28(40)19-30(41)42)31(24-10-14-26(36)15-11-24)32(23-6-4-3-5-7-23)33(38)34(43)37-20-22-8-12-25(35)13-9-22;/h3-15,21,27-28,39-40H,16-20H2,1-2H3,(H,37,43)(H,41,42);/q;+1/p-1/t27-,28-;/m1./s1. The summed E-state index contributed by atoms with van der Waals surface area (Å²) < 4.78 is 29.4. The van der Waals surface area contributed by atoms with E-state index in [1.54, 1.807) is 24.3 Å². The van der Waals surface area contributed by atoms with E-state index in [2.05, 4.69) is 5.32 Å². The molecule has 0 fully saturated rings. The molecule has 3 aromatic carbocycles. The number of aromatic nitrogens is 1. The van der Waals surface area contributed by atoms with Crippen LogP contribution in [-0.4, -0.2) is 38.9 Å². The van der Waals surface area contributed by atoms with Gasteiger partial charge < -0.3 is 30.0 Å². The number of hydrogen-bond donors (Lipinski definition) is 3. The van der Waals surface area contributed by atoms with Crippen molar-refractivity contribution >= 4 is 11.9 Å². The van der Waals surface area contributed by atoms with E-state index < -0.39 is 30.4 Å². The van der Waals surface area contributed by atoms with Crippen molar-refractivity contribution in [2.24, 2.45) is 0 Å². The summed E-state index contributed by atoms with van der Waals surface area (Å²) in [5.74, 6) is -2.56. The smallest absolute Gasteiger partial charge is 0.550 e. The zero-order valence-corrected chi connectivity index (χ0v) is 27.1. The second-order valence-electron chi connectivity index (χ2n) is 10.8. The van der Waals surface area contributed by atoms with Crippen molar-refractivity contribution in [3.8, 4) is 22.3 Å². The predicted octanol–water partition coefficient (Wildman–Crippen LogP) is 1.80. The number of rotatable bonds is 13. The Morgan fingerprint density at radius 3 is 1.98 bits per heavy atom. The van der Waals surface area contributed by atoms with Gasteiger partial charge in [0.2, 0.25) is 0 Å². The first-order valence-electron chi connectivity index (χ1n) is 14.2. The van der Waals surface area contributed by atoms with Crippen molar-refractivity contribution in [1.82, 2.24) is 9.88 Å². The monoisotopic (exact) mass is 612 g/mol. The molecule has 44 heavy (non-hydrogen) atoms. The normalized spacial score (nSPS) is 12.4. The Kier molecular flexibility index (Phi) is 12.9. The molecule has 0 radical (unpaired) electrons. The molecule has 1 amide bonds. The van der Waals surface area contributed by atoms with Crippen LogP contribution in [0.15, 0.2) is 78.9 Å². The largest absolute Gasteiger partial charge is 1.00 e. The zero-order chi connectivity index (χ0) is 31.1. The number of nitrogens with zero attached hydrogens (tertiary/aromatic N) is 1. The van der Waals surface area contributed by atoms with Crippen LogP contribution in [0.4, 0.5) is 8.78 Å². The number of aliphatic hydroxyl groups excluding tert-OH is 2. The van der Waals surface area contributed by atoms with E-state index in [-0.39, 0.29) is 73.1 Å². The van der Waals surface area contributed by atoms with E-state index in [0.29, 0.717) is 22.4 Å². The maximum Gasteiger partial charge on any atom is 1.00 e. The SMILES string of the molecule is CC(C)n1c(CC[C@@H](O)C[C@@H](O)CC(=O)[O-])c(-c2ccc(F)cc2)c(-c2ccccc2)c1C(=O)NCc1ccc(F)cc1.[Na+]. The molecule has 1 aromatic heterocycles. The Balaban J connectivity index is 0.00000529. The van der Waals surface area contributed by atoms with Crippen LogP contribution in [0.1, 0.15) is 60.9 Å². The molecule has 4 aromatic rings. The van der Waals surface area contributed by atoms with Crippen LogP contribution in [0, 0.1) is 11.6 Å². The van der Waals surface area contributed by atoms with Gasteiger partial charge in [-0.05, 0) is 74.1 Å². The third-order valence-corrected chi connectivity index (χ3v) is 7.26. The van der Waals surface area contributed by atoms with Gasteiger partial charge in [0, 0.05) is 41.8 Å². The molecule has 0 spiro atoms. The summed E-state index contributed by atoms with van der Waals surface area (Å²) in [6, 6.07) is 21.0. The Labute approximate surface area is 277 Å². The molecule has 0 saturated carbocycles. The van der Waals surface area contributed by atoms with Gasteiger partial charge in [-0.1, -0.05) is 54.6 Å². The van der Waals surface area contributed by atoms with Gasteiger partial charge in [0.1, 0.15) is 17.3 Å². The average molecular weight is 613 g/mol. The van der Waals surface area contributed by atoms with Crippen LogP contribution in [0.5, 0.6) is 0 Å². The summed E-state index contributed by atoms with van der Waals surface area (Å²) in [5, 5.41) is 34.6. The molecule has 10 heteroatoms. The van der Waals surface area contributed by atoms with Gasteiger partial charge in [0.15, 0.2) is 0 Å². The number of hydrogen-bond acceptors (Lipinski definition) is 5. The summed E-state index contributed by atoms with van der Waals surface area (Å²) in [6.07, 6.45) is -2.59. The van der Waals surface area contributed by atoms with E-state index in [4.69, 9.17) is 0 Å². The number of carboxylic acid groups (broad SMARTS) is 1. The first-order valence-corrected chi connectivity index (χ1v) is 14.2. The molecule has 3 N–H and O–H groups in total. The van der Waals surface area contributed by atoms with E-state index in [1.807, 2.05) is 48.7 Å². The van der Waals surface area contributed by atoms with Crippen molar-refractivity contribution < 1.29 is 63.2 Å². The fourth-order valence-electron chi connectivity index (χ4n) is 5.37. The Hall–Kier alpha value is -3.34. The summed E-state index contributed by atoms with van der Waals surface area (Å²) >= 11 is 0. The Bertz CT molecular complexity index is 1540. The second kappa shape index (κ2) is 16.1. The van der Waals surface area contributed by atoms with E-state index in [9.17, 15) is 33.7 Å². The number of amides is 1. The number of benzene rings is 3. The summed E-state index contributed by atoms with van der Waals surface area (Å²) in [7, 11) is 0. The average Bonchev–Trinajstić information content (AvgIpc) is 3.31. The molecule has 1 heterocycles. The van der Waals surface area contributed by atoms with Gasteiger partial charge >= 0.3 is 29.6 Å². The summed E-state index contributed by atoms with van der Waals surface area (Å²) in [4.78, 5) is 24.9. The summed E-state index contributed by atoms with van der Waals surface area (Å²) in [5.41, 5.74) is 4.60. The number of aliphatic hydroxyl groups is 2. The fourth-order valence-corrected chi connectivity index (χ4v) is 5.37. The van der Waals surface area contributed by atoms with Crippen LogP contribution in [0.2, 0.25) is 0 Å². The molecule has 7 nitrogen and oxygen atoms in total. The minimum absolute atomic E-state index is 0. The maximum absolute atomic E-state index is 14.0. The predicted molar refractivity (Wildman–Crippen MR) is 158 cm³/mol. The second-order valence-corrected chi connectivity index (χ2v) is 10.8. The third kappa shape index (κ3) is 8.86. The van der Waals surface area contributed by atoms with Crippen molar-refractivity contribution in [2.75, 3.05) is 0 Å². The van der Waals surface area contributed by atoms with Gasteiger partial charge in [-0.2, -0.15) is 0 Å². The van der Waals surface area contributed by atoms with Crippen molar-refractivity contribution in [3.63, 3.8) is 0 Å². The van der Waals surface area contributed by atoms with Crippen LogP contribution in [-0.2, 0) is 17.8 Å². The topological polar surface area (TPSA) is 115 Å². The van der Waals surface area contributed by atoms with Gasteiger partial charge in [0.05, 0.1) is 12.2 Å². The first kappa shape index (κ1) is 35.1.